The molecule has 3 atom stereocenters. The molecular weight excluding hydrogens is 320 g/mol. The molecule has 25 heavy (non-hydrogen) atoms. The molecule has 0 bridgehead atoms. The SMILES string of the molecule is Cc1ccc(N2CC[C@@H]3[C@@H](c4nc(C)no4)CNC(=O)[C@@H]3CC2)nn1. The number of nitrogens with one attached hydrogen (secondary N) is 1. The first-order valence-corrected chi connectivity index (χ1v) is 8.75. The zero-order chi connectivity index (χ0) is 17.4. The van der Waals surface area contributed by atoms with Crippen LogP contribution in [0.15, 0.2) is 16.7 Å². The highest BCUT2D eigenvalue weighted by Crippen LogP contribution is 2.39. The van der Waals surface area contributed by atoms with Crippen LogP contribution in [0.2, 0.25) is 0 Å². The molecule has 8 heteroatoms. The summed E-state index contributed by atoms with van der Waals surface area (Å²) in [6.07, 6.45) is 1.68. The van der Waals surface area contributed by atoms with E-state index < -0.39 is 0 Å². The Morgan fingerprint density at radius 2 is 2.00 bits per heavy atom. The predicted molar refractivity (Wildman–Crippen MR) is 90.0 cm³/mol. The summed E-state index contributed by atoms with van der Waals surface area (Å²) in [7, 11) is 0. The van der Waals surface area contributed by atoms with Crippen LogP contribution in [-0.4, -0.2) is 45.9 Å². The first kappa shape index (κ1) is 16.0. The van der Waals surface area contributed by atoms with Crippen LogP contribution < -0.4 is 10.2 Å². The third-order valence-corrected chi connectivity index (χ3v) is 5.28. The van der Waals surface area contributed by atoms with E-state index in [1.807, 2.05) is 26.0 Å². The van der Waals surface area contributed by atoms with E-state index in [0.29, 0.717) is 18.3 Å². The molecule has 2 aliphatic heterocycles. The molecule has 2 aromatic heterocycles. The second-order valence-corrected chi connectivity index (χ2v) is 6.90. The average Bonchev–Trinajstić information content (AvgIpc) is 2.90. The van der Waals surface area contributed by atoms with Crippen LogP contribution in [0.5, 0.6) is 0 Å². The summed E-state index contributed by atoms with van der Waals surface area (Å²) in [6, 6.07) is 3.97. The first-order valence-electron chi connectivity index (χ1n) is 8.75. The van der Waals surface area contributed by atoms with E-state index in [4.69, 9.17) is 4.52 Å². The third kappa shape index (κ3) is 3.08. The van der Waals surface area contributed by atoms with Crippen molar-refractivity contribution in [2.75, 3.05) is 24.5 Å². The van der Waals surface area contributed by atoms with Crippen LogP contribution in [0.3, 0.4) is 0 Å². The van der Waals surface area contributed by atoms with E-state index in [2.05, 4.69) is 30.6 Å². The maximum absolute atomic E-state index is 12.4. The van der Waals surface area contributed by atoms with Crippen molar-refractivity contribution in [2.24, 2.45) is 11.8 Å². The van der Waals surface area contributed by atoms with E-state index in [1.54, 1.807) is 0 Å². The van der Waals surface area contributed by atoms with Crippen LogP contribution in [0.4, 0.5) is 5.82 Å². The Kier molecular flexibility index (Phi) is 4.10. The number of anilines is 1. The van der Waals surface area contributed by atoms with Gasteiger partial charge in [-0.3, -0.25) is 4.79 Å². The van der Waals surface area contributed by atoms with E-state index >= 15 is 0 Å². The number of carbonyl (C=O) groups is 1. The van der Waals surface area contributed by atoms with Crippen LogP contribution >= 0.6 is 0 Å². The lowest BCUT2D eigenvalue weighted by atomic mass is 9.75. The number of carbonyl (C=O) groups excluding carboxylic acids is 1. The predicted octanol–water partition coefficient (Wildman–Crippen LogP) is 1.22. The molecule has 2 aliphatic rings. The summed E-state index contributed by atoms with van der Waals surface area (Å²) in [5.41, 5.74) is 0.901. The molecule has 4 heterocycles. The number of rotatable bonds is 2. The zero-order valence-electron chi connectivity index (χ0n) is 14.5. The monoisotopic (exact) mass is 342 g/mol. The van der Waals surface area contributed by atoms with E-state index in [-0.39, 0.29) is 23.7 Å². The molecule has 8 nitrogen and oxygen atoms in total. The molecular formula is C17H22N6O2. The quantitative estimate of drug-likeness (QED) is 0.876. The Morgan fingerprint density at radius 1 is 1.16 bits per heavy atom. The van der Waals surface area contributed by atoms with Gasteiger partial charge < -0.3 is 14.7 Å². The van der Waals surface area contributed by atoms with E-state index in [1.165, 1.54) is 0 Å². The molecule has 2 fully saturated rings. The van der Waals surface area contributed by atoms with Gasteiger partial charge in [0, 0.05) is 25.6 Å². The lowest BCUT2D eigenvalue weighted by Crippen LogP contribution is -2.46. The molecule has 132 valence electrons. The Balaban J connectivity index is 1.56. The van der Waals surface area contributed by atoms with Crippen molar-refractivity contribution in [3.8, 4) is 0 Å². The number of hydrogen-bond donors (Lipinski definition) is 1. The second kappa shape index (κ2) is 6.42. The van der Waals surface area contributed by atoms with Crippen LogP contribution in [-0.2, 0) is 4.79 Å². The van der Waals surface area contributed by atoms with Crippen molar-refractivity contribution in [3.63, 3.8) is 0 Å². The molecule has 0 aromatic carbocycles. The Bertz CT molecular complexity index is 759. The van der Waals surface area contributed by atoms with Gasteiger partial charge in [-0.25, -0.2) is 0 Å². The fourth-order valence-electron chi connectivity index (χ4n) is 3.95. The van der Waals surface area contributed by atoms with Crippen molar-refractivity contribution in [2.45, 2.75) is 32.6 Å². The van der Waals surface area contributed by atoms with Gasteiger partial charge in [0.15, 0.2) is 11.6 Å². The van der Waals surface area contributed by atoms with Crippen molar-refractivity contribution in [3.05, 3.63) is 29.5 Å². The summed E-state index contributed by atoms with van der Waals surface area (Å²) >= 11 is 0. The largest absolute Gasteiger partial charge is 0.355 e. The highest BCUT2D eigenvalue weighted by molar-refractivity contribution is 5.80. The minimum absolute atomic E-state index is 0.0330. The molecule has 2 saturated heterocycles. The summed E-state index contributed by atoms with van der Waals surface area (Å²) in [5, 5.41) is 15.4. The van der Waals surface area contributed by atoms with Crippen LogP contribution in [0.1, 0.15) is 36.2 Å². The van der Waals surface area contributed by atoms with Gasteiger partial charge in [0.25, 0.3) is 0 Å². The molecule has 4 rings (SSSR count). The van der Waals surface area contributed by atoms with Crippen molar-refractivity contribution in [1.29, 1.82) is 0 Å². The summed E-state index contributed by atoms with van der Waals surface area (Å²) in [5.74, 6) is 2.52. The number of hydrogen-bond acceptors (Lipinski definition) is 7. The van der Waals surface area contributed by atoms with Gasteiger partial charge in [0.1, 0.15) is 0 Å². The number of fused-ring (bicyclic) bond motifs is 1. The number of nitrogens with zero attached hydrogens (tertiary/aromatic N) is 5. The van der Waals surface area contributed by atoms with Crippen molar-refractivity contribution >= 4 is 11.7 Å². The Morgan fingerprint density at radius 3 is 2.72 bits per heavy atom. The fraction of sp³-hybridized carbons (Fsp3) is 0.588. The van der Waals surface area contributed by atoms with Gasteiger partial charge in [0.2, 0.25) is 11.8 Å². The average molecular weight is 342 g/mol. The number of aromatic nitrogens is 4. The first-order chi connectivity index (χ1) is 12.1. The molecule has 0 aliphatic carbocycles. The molecule has 0 spiro atoms. The maximum Gasteiger partial charge on any atom is 0.231 e. The van der Waals surface area contributed by atoms with Gasteiger partial charge in [-0.05, 0) is 44.7 Å². The van der Waals surface area contributed by atoms with Crippen LogP contribution in [0.25, 0.3) is 0 Å². The van der Waals surface area contributed by atoms with E-state index in [0.717, 1.165) is 37.4 Å². The zero-order valence-corrected chi connectivity index (χ0v) is 14.5. The minimum atomic E-state index is -0.0330. The molecule has 1 amide bonds. The summed E-state index contributed by atoms with van der Waals surface area (Å²) in [6.45, 7) is 5.94. The highest BCUT2D eigenvalue weighted by atomic mass is 16.5. The standard InChI is InChI=1S/C17H22N6O2/c1-10-3-4-15(21-20-10)23-7-5-12-13(6-8-23)16(24)18-9-14(12)17-19-11(2)22-25-17/h3-4,12-14H,5-9H2,1-2H3,(H,18,24)/t12-,13+,14-/m0/s1. The normalized spacial score (nSPS) is 26.7. The van der Waals surface area contributed by atoms with Gasteiger partial charge in [0.05, 0.1) is 11.6 Å². The topological polar surface area (TPSA) is 97.0 Å². The molecule has 2 aromatic rings. The van der Waals surface area contributed by atoms with Gasteiger partial charge >= 0.3 is 0 Å². The smallest absolute Gasteiger partial charge is 0.231 e. The maximum atomic E-state index is 12.4. The third-order valence-electron chi connectivity index (χ3n) is 5.28. The lowest BCUT2D eigenvalue weighted by Gasteiger charge is -2.34. The van der Waals surface area contributed by atoms with Gasteiger partial charge in [-0.1, -0.05) is 5.16 Å². The minimum Gasteiger partial charge on any atom is -0.355 e. The Hall–Kier alpha value is -2.51. The molecule has 0 radical (unpaired) electrons. The van der Waals surface area contributed by atoms with Gasteiger partial charge in [-0.2, -0.15) is 10.1 Å². The second-order valence-electron chi connectivity index (χ2n) is 6.90. The molecule has 0 unspecified atom stereocenters. The summed E-state index contributed by atoms with van der Waals surface area (Å²) < 4.78 is 5.41. The highest BCUT2D eigenvalue weighted by Gasteiger charge is 2.43. The number of amides is 1. The molecule has 0 saturated carbocycles. The van der Waals surface area contributed by atoms with Crippen molar-refractivity contribution in [1.82, 2.24) is 25.7 Å². The molecule has 1 N–H and O–H groups in total. The summed E-state index contributed by atoms with van der Waals surface area (Å²) in [4.78, 5) is 19.0. The fourth-order valence-corrected chi connectivity index (χ4v) is 3.95. The number of aryl methyl sites for hydroxylation is 2. The Labute approximate surface area is 146 Å². The van der Waals surface area contributed by atoms with E-state index in [9.17, 15) is 4.79 Å². The van der Waals surface area contributed by atoms with Crippen molar-refractivity contribution < 1.29 is 9.32 Å². The van der Waals surface area contributed by atoms with Gasteiger partial charge in [-0.15, -0.1) is 5.10 Å². The van der Waals surface area contributed by atoms with Crippen LogP contribution in [0, 0.1) is 25.7 Å². The lowest BCUT2D eigenvalue weighted by molar-refractivity contribution is -0.129. The number of piperidine rings is 1.